The van der Waals surface area contributed by atoms with Crippen LogP contribution in [0, 0.1) is 13.8 Å². The monoisotopic (exact) mass is 244 g/mol. The van der Waals surface area contributed by atoms with Crippen LogP contribution in [-0.4, -0.2) is 22.1 Å². The summed E-state index contributed by atoms with van der Waals surface area (Å²) in [5.41, 5.74) is 10.6. The number of hydrogen-bond donors (Lipinski definition) is 2. The van der Waals surface area contributed by atoms with E-state index in [1.54, 1.807) is 0 Å². The lowest BCUT2D eigenvalue weighted by Gasteiger charge is -2.16. The number of aromatic amines is 1. The molecule has 1 aromatic heterocycles. The number of H-pyrrole nitrogens is 1. The first-order valence-electron chi connectivity index (χ1n) is 6.09. The Bertz CT molecular complexity index is 530. The lowest BCUT2D eigenvalue weighted by molar-refractivity contribution is 0.315. The second-order valence-corrected chi connectivity index (χ2v) is 4.91. The average Bonchev–Trinajstić information content (AvgIpc) is 2.69. The van der Waals surface area contributed by atoms with Gasteiger partial charge < -0.3 is 5.73 Å². The van der Waals surface area contributed by atoms with Crippen molar-refractivity contribution in [1.82, 2.24) is 15.1 Å². The van der Waals surface area contributed by atoms with Gasteiger partial charge in [0.2, 0.25) is 0 Å². The van der Waals surface area contributed by atoms with E-state index in [4.69, 9.17) is 5.73 Å². The van der Waals surface area contributed by atoms with Crippen molar-refractivity contribution >= 4 is 5.82 Å². The summed E-state index contributed by atoms with van der Waals surface area (Å²) in [7, 11) is 2.09. The van der Waals surface area contributed by atoms with Gasteiger partial charge in [0, 0.05) is 19.2 Å². The van der Waals surface area contributed by atoms with Crippen molar-refractivity contribution in [3.05, 3.63) is 46.6 Å². The van der Waals surface area contributed by atoms with Crippen molar-refractivity contribution in [3.8, 4) is 0 Å². The number of hydrogen-bond acceptors (Lipinski definition) is 3. The SMILES string of the molecule is Cc1ccc(CN(C)Cc2cc(N)n[nH]2)cc1C. The maximum Gasteiger partial charge on any atom is 0.145 e. The Morgan fingerprint density at radius 1 is 1.17 bits per heavy atom. The van der Waals surface area contributed by atoms with E-state index in [2.05, 4.69) is 54.2 Å². The Morgan fingerprint density at radius 2 is 1.94 bits per heavy atom. The van der Waals surface area contributed by atoms with Gasteiger partial charge in [-0.05, 0) is 37.6 Å². The maximum absolute atomic E-state index is 5.58. The number of aryl methyl sites for hydroxylation is 2. The minimum Gasteiger partial charge on any atom is -0.382 e. The van der Waals surface area contributed by atoms with Gasteiger partial charge >= 0.3 is 0 Å². The van der Waals surface area contributed by atoms with Crippen LogP contribution in [0.15, 0.2) is 24.3 Å². The number of nitrogens with two attached hydrogens (primary N) is 1. The van der Waals surface area contributed by atoms with Crippen LogP contribution in [0.1, 0.15) is 22.4 Å². The summed E-state index contributed by atoms with van der Waals surface area (Å²) in [6.07, 6.45) is 0. The molecule has 4 nitrogen and oxygen atoms in total. The Kier molecular flexibility index (Phi) is 3.67. The highest BCUT2D eigenvalue weighted by Crippen LogP contribution is 2.12. The summed E-state index contributed by atoms with van der Waals surface area (Å²) in [6.45, 7) is 6.02. The predicted molar refractivity (Wildman–Crippen MR) is 74.1 cm³/mol. The van der Waals surface area contributed by atoms with Crippen molar-refractivity contribution in [2.75, 3.05) is 12.8 Å². The fraction of sp³-hybridized carbons (Fsp3) is 0.357. The van der Waals surface area contributed by atoms with E-state index in [1.807, 2.05) is 6.07 Å². The Hall–Kier alpha value is -1.81. The number of benzene rings is 1. The van der Waals surface area contributed by atoms with Gasteiger partial charge in [0.25, 0.3) is 0 Å². The zero-order valence-corrected chi connectivity index (χ0v) is 11.2. The van der Waals surface area contributed by atoms with Crippen LogP contribution in [0.5, 0.6) is 0 Å². The van der Waals surface area contributed by atoms with E-state index >= 15 is 0 Å². The van der Waals surface area contributed by atoms with Crippen LogP contribution in [0.25, 0.3) is 0 Å². The Labute approximate surface area is 108 Å². The fourth-order valence-electron chi connectivity index (χ4n) is 2.02. The van der Waals surface area contributed by atoms with E-state index in [1.165, 1.54) is 16.7 Å². The van der Waals surface area contributed by atoms with Gasteiger partial charge in [-0.15, -0.1) is 0 Å². The molecule has 4 heteroatoms. The molecule has 0 aliphatic carbocycles. The number of nitrogens with zero attached hydrogens (tertiary/aromatic N) is 2. The van der Waals surface area contributed by atoms with E-state index in [0.29, 0.717) is 5.82 Å². The van der Waals surface area contributed by atoms with Gasteiger partial charge in [0.1, 0.15) is 5.82 Å². The summed E-state index contributed by atoms with van der Waals surface area (Å²) < 4.78 is 0. The molecule has 3 N–H and O–H groups in total. The summed E-state index contributed by atoms with van der Waals surface area (Å²) in [5.74, 6) is 0.546. The van der Waals surface area contributed by atoms with Crippen LogP contribution in [0.3, 0.4) is 0 Å². The quantitative estimate of drug-likeness (QED) is 0.867. The molecule has 0 saturated carbocycles. The smallest absolute Gasteiger partial charge is 0.145 e. The molecule has 0 bridgehead atoms. The maximum atomic E-state index is 5.58. The molecule has 0 aliphatic heterocycles. The molecule has 0 atom stereocenters. The fourth-order valence-corrected chi connectivity index (χ4v) is 2.02. The molecule has 0 amide bonds. The van der Waals surface area contributed by atoms with E-state index in [0.717, 1.165) is 18.8 Å². The van der Waals surface area contributed by atoms with Crippen molar-refractivity contribution < 1.29 is 0 Å². The van der Waals surface area contributed by atoms with Gasteiger partial charge in [-0.1, -0.05) is 18.2 Å². The molecule has 0 spiro atoms. The van der Waals surface area contributed by atoms with Crippen molar-refractivity contribution in [2.24, 2.45) is 0 Å². The van der Waals surface area contributed by atoms with Gasteiger partial charge in [-0.2, -0.15) is 5.10 Å². The lowest BCUT2D eigenvalue weighted by Crippen LogP contribution is -2.17. The normalized spacial score (nSPS) is 11.1. The number of aromatic nitrogens is 2. The minimum absolute atomic E-state index is 0.546. The van der Waals surface area contributed by atoms with E-state index in [-0.39, 0.29) is 0 Å². The minimum atomic E-state index is 0.546. The zero-order valence-electron chi connectivity index (χ0n) is 11.2. The van der Waals surface area contributed by atoms with Crippen LogP contribution in [0.2, 0.25) is 0 Å². The van der Waals surface area contributed by atoms with Gasteiger partial charge in [0.15, 0.2) is 0 Å². The first-order chi connectivity index (χ1) is 8.54. The topological polar surface area (TPSA) is 57.9 Å². The predicted octanol–water partition coefficient (Wildman–Crippen LogP) is 2.24. The molecular weight excluding hydrogens is 224 g/mol. The summed E-state index contributed by atoms with van der Waals surface area (Å²) in [5, 5.41) is 6.85. The third-order valence-corrected chi connectivity index (χ3v) is 3.11. The molecule has 2 aromatic rings. The van der Waals surface area contributed by atoms with Crippen molar-refractivity contribution in [1.29, 1.82) is 0 Å². The van der Waals surface area contributed by atoms with E-state index < -0.39 is 0 Å². The third kappa shape index (κ3) is 3.11. The van der Waals surface area contributed by atoms with Crippen LogP contribution in [-0.2, 0) is 13.1 Å². The molecule has 1 aromatic carbocycles. The molecule has 0 fully saturated rings. The highest BCUT2D eigenvalue weighted by Gasteiger charge is 2.05. The second-order valence-electron chi connectivity index (χ2n) is 4.91. The number of nitrogens with one attached hydrogen (secondary N) is 1. The Morgan fingerprint density at radius 3 is 2.56 bits per heavy atom. The van der Waals surface area contributed by atoms with Gasteiger partial charge in [0.05, 0.1) is 5.69 Å². The lowest BCUT2D eigenvalue weighted by atomic mass is 10.1. The first-order valence-corrected chi connectivity index (χ1v) is 6.09. The standard InChI is InChI=1S/C14H20N4/c1-10-4-5-12(6-11(10)2)8-18(3)9-13-7-14(15)17-16-13/h4-7H,8-9H2,1-3H3,(H3,15,16,17). The molecule has 0 saturated heterocycles. The Balaban J connectivity index is 1.98. The van der Waals surface area contributed by atoms with Crippen LogP contribution >= 0.6 is 0 Å². The molecular formula is C14H20N4. The van der Waals surface area contributed by atoms with Crippen molar-refractivity contribution in [2.45, 2.75) is 26.9 Å². The van der Waals surface area contributed by atoms with Crippen LogP contribution in [0.4, 0.5) is 5.82 Å². The molecule has 0 radical (unpaired) electrons. The van der Waals surface area contributed by atoms with Gasteiger partial charge in [-0.25, -0.2) is 0 Å². The summed E-state index contributed by atoms with van der Waals surface area (Å²) in [4.78, 5) is 2.23. The molecule has 2 rings (SSSR count). The van der Waals surface area contributed by atoms with E-state index in [9.17, 15) is 0 Å². The van der Waals surface area contributed by atoms with Gasteiger partial charge in [-0.3, -0.25) is 10.00 Å². The average molecular weight is 244 g/mol. The highest BCUT2D eigenvalue weighted by molar-refractivity contribution is 5.30. The number of nitrogen functional groups attached to an aromatic ring is 1. The number of rotatable bonds is 4. The number of anilines is 1. The molecule has 1 heterocycles. The molecule has 96 valence electrons. The molecule has 18 heavy (non-hydrogen) atoms. The van der Waals surface area contributed by atoms with Crippen LogP contribution < -0.4 is 5.73 Å². The second kappa shape index (κ2) is 5.23. The highest BCUT2D eigenvalue weighted by atomic mass is 15.2. The summed E-state index contributed by atoms with van der Waals surface area (Å²) >= 11 is 0. The summed E-state index contributed by atoms with van der Waals surface area (Å²) in [6, 6.07) is 8.47. The third-order valence-electron chi connectivity index (χ3n) is 3.11. The van der Waals surface area contributed by atoms with Crippen molar-refractivity contribution in [3.63, 3.8) is 0 Å². The molecule has 0 aliphatic rings. The first kappa shape index (κ1) is 12.6. The largest absolute Gasteiger partial charge is 0.382 e. The zero-order chi connectivity index (χ0) is 13.1. The molecule has 0 unspecified atom stereocenters.